The van der Waals surface area contributed by atoms with Crippen molar-refractivity contribution in [3.05, 3.63) is 0 Å². The van der Waals surface area contributed by atoms with Crippen molar-refractivity contribution in [2.45, 2.75) is 31.7 Å². The fourth-order valence-electron chi connectivity index (χ4n) is 1.96. The van der Waals surface area contributed by atoms with E-state index in [1.807, 2.05) is 0 Å². The van der Waals surface area contributed by atoms with Crippen LogP contribution in [0.5, 0.6) is 0 Å². The third kappa shape index (κ3) is 4.91. The lowest BCUT2D eigenvalue weighted by atomic mass is 10.0. The summed E-state index contributed by atoms with van der Waals surface area (Å²) in [5.74, 6) is -0.0398. The van der Waals surface area contributed by atoms with Crippen molar-refractivity contribution in [1.82, 2.24) is 10.2 Å². The first kappa shape index (κ1) is 16.2. The maximum atomic E-state index is 11.7. The van der Waals surface area contributed by atoms with E-state index in [0.717, 1.165) is 19.3 Å². The van der Waals surface area contributed by atoms with Gasteiger partial charge in [0, 0.05) is 33.1 Å². The van der Waals surface area contributed by atoms with E-state index in [2.05, 4.69) is 5.32 Å². The molecule has 0 radical (unpaired) electrons. The van der Waals surface area contributed by atoms with Crippen molar-refractivity contribution < 1.29 is 9.59 Å². The van der Waals surface area contributed by atoms with Gasteiger partial charge in [-0.2, -0.15) is 0 Å². The van der Waals surface area contributed by atoms with Gasteiger partial charge in [-0.1, -0.05) is 6.42 Å². The number of rotatable bonds is 4. The predicted molar refractivity (Wildman–Crippen MR) is 68.9 cm³/mol. The maximum absolute atomic E-state index is 11.7. The molecule has 0 saturated heterocycles. The fourth-order valence-corrected chi connectivity index (χ4v) is 1.96. The van der Waals surface area contributed by atoms with Crippen LogP contribution in [0, 0.1) is 5.92 Å². The van der Waals surface area contributed by atoms with Crippen molar-refractivity contribution >= 4 is 24.2 Å². The highest BCUT2D eigenvalue weighted by atomic mass is 35.5. The van der Waals surface area contributed by atoms with Gasteiger partial charge in [0.1, 0.15) is 0 Å². The minimum atomic E-state index is -0.0607. The molecule has 3 N–H and O–H groups in total. The molecular formula is C11H22ClN3O2. The fraction of sp³-hybridized carbons (Fsp3) is 0.818. The van der Waals surface area contributed by atoms with Crippen LogP contribution in [0.25, 0.3) is 0 Å². The Morgan fingerprint density at radius 2 is 2.00 bits per heavy atom. The van der Waals surface area contributed by atoms with Gasteiger partial charge in [0.05, 0.1) is 5.92 Å². The van der Waals surface area contributed by atoms with Crippen LogP contribution in [0.1, 0.15) is 25.7 Å². The standard InChI is InChI=1S/C11H21N3O2.ClH/c1-14(2)10(15)6-7-13-11(16)8-4-3-5-9(8)12;/h8-9H,3-7,12H2,1-2H3,(H,13,16);1H. The Bertz CT molecular complexity index is 271. The maximum Gasteiger partial charge on any atom is 0.224 e. The first-order valence-corrected chi connectivity index (χ1v) is 5.76. The van der Waals surface area contributed by atoms with Crippen molar-refractivity contribution in [2.75, 3.05) is 20.6 Å². The van der Waals surface area contributed by atoms with Crippen LogP contribution >= 0.6 is 12.4 Å². The van der Waals surface area contributed by atoms with Crippen LogP contribution in [0.15, 0.2) is 0 Å². The molecule has 2 atom stereocenters. The molecule has 1 aliphatic carbocycles. The monoisotopic (exact) mass is 263 g/mol. The van der Waals surface area contributed by atoms with Crippen LogP contribution < -0.4 is 11.1 Å². The van der Waals surface area contributed by atoms with E-state index in [0.29, 0.717) is 13.0 Å². The van der Waals surface area contributed by atoms with E-state index in [1.54, 1.807) is 14.1 Å². The molecule has 0 spiro atoms. The van der Waals surface area contributed by atoms with Crippen molar-refractivity contribution in [3.8, 4) is 0 Å². The molecule has 2 unspecified atom stereocenters. The molecule has 0 aromatic rings. The van der Waals surface area contributed by atoms with Gasteiger partial charge in [-0.3, -0.25) is 9.59 Å². The molecule has 6 heteroatoms. The van der Waals surface area contributed by atoms with Crippen molar-refractivity contribution in [3.63, 3.8) is 0 Å². The topological polar surface area (TPSA) is 75.4 Å². The molecule has 2 amide bonds. The quantitative estimate of drug-likeness (QED) is 0.757. The van der Waals surface area contributed by atoms with E-state index in [4.69, 9.17) is 5.73 Å². The number of carbonyl (C=O) groups is 2. The van der Waals surface area contributed by atoms with Gasteiger partial charge >= 0.3 is 0 Å². The summed E-state index contributed by atoms with van der Waals surface area (Å²) in [4.78, 5) is 24.5. The number of halogens is 1. The first-order chi connectivity index (χ1) is 7.52. The molecule has 0 heterocycles. The van der Waals surface area contributed by atoms with E-state index in [1.165, 1.54) is 4.90 Å². The van der Waals surface area contributed by atoms with Gasteiger partial charge in [-0.15, -0.1) is 12.4 Å². The number of nitrogens with two attached hydrogens (primary N) is 1. The lowest BCUT2D eigenvalue weighted by molar-refractivity contribution is -0.129. The average molecular weight is 264 g/mol. The molecule has 0 aromatic heterocycles. The second kappa shape index (κ2) is 7.50. The molecule has 17 heavy (non-hydrogen) atoms. The van der Waals surface area contributed by atoms with E-state index in [9.17, 15) is 9.59 Å². The Balaban J connectivity index is 0.00000256. The third-order valence-corrected chi connectivity index (χ3v) is 3.04. The lowest BCUT2D eigenvalue weighted by Crippen LogP contribution is -2.39. The molecular weight excluding hydrogens is 242 g/mol. The smallest absolute Gasteiger partial charge is 0.224 e. The largest absolute Gasteiger partial charge is 0.355 e. The summed E-state index contributed by atoms with van der Waals surface area (Å²) in [6, 6.07) is -0.00968. The Labute approximate surface area is 109 Å². The predicted octanol–water partition coefficient (Wildman–Crippen LogP) is 0.130. The summed E-state index contributed by atoms with van der Waals surface area (Å²) in [5, 5.41) is 2.77. The average Bonchev–Trinajstić information content (AvgIpc) is 2.64. The number of nitrogens with zero attached hydrogens (tertiary/aromatic N) is 1. The van der Waals surface area contributed by atoms with Gasteiger partial charge in [-0.25, -0.2) is 0 Å². The van der Waals surface area contributed by atoms with Crippen molar-refractivity contribution in [2.24, 2.45) is 11.7 Å². The molecule has 0 aliphatic heterocycles. The van der Waals surface area contributed by atoms with Gasteiger partial charge in [0.15, 0.2) is 0 Å². The summed E-state index contributed by atoms with van der Waals surface area (Å²) < 4.78 is 0. The highest BCUT2D eigenvalue weighted by Crippen LogP contribution is 2.23. The molecule has 100 valence electrons. The molecule has 1 fully saturated rings. The van der Waals surface area contributed by atoms with Crippen LogP contribution in [0.4, 0.5) is 0 Å². The molecule has 5 nitrogen and oxygen atoms in total. The Morgan fingerprint density at radius 3 is 2.47 bits per heavy atom. The minimum Gasteiger partial charge on any atom is -0.355 e. The summed E-state index contributed by atoms with van der Waals surface area (Å²) in [7, 11) is 3.41. The van der Waals surface area contributed by atoms with Gasteiger partial charge < -0.3 is 16.0 Å². The zero-order valence-corrected chi connectivity index (χ0v) is 11.3. The minimum absolute atomic E-state index is 0. The number of hydrogen-bond donors (Lipinski definition) is 2. The molecule has 1 saturated carbocycles. The molecule has 0 bridgehead atoms. The van der Waals surface area contributed by atoms with Crippen LogP contribution in [-0.4, -0.2) is 43.4 Å². The summed E-state index contributed by atoms with van der Waals surface area (Å²) in [6.07, 6.45) is 3.17. The van der Waals surface area contributed by atoms with Crippen LogP contribution in [0.2, 0.25) is 0 Å². The summed E-state index contributed by atoms with van der Waals surface area (Å²) in [5.41, 5.74) is 5.82. The van der Waals surface area contributed by atoms with E-state index in [-0.39, 0.29) is 36.2 Å². The molecule has 1 aliphatic rings. The zero-order valence-electron chi connectivity index (χ0n) is 10.4. The SMILES string of the molecule is CN(C)C(=O)CCNC(=O)C1CCCC1N.Cl. The van der Waals surface area contributed by atoms with Gasteiger partial charge in [-0.05, 0) is 12.8 Å². The molecule has 0 aromatic carbocycles. The third-order valence-electron chi connectivity index (χ3n) is 3.04. The lowest BCUT2D eigenvalue weighted by Gasteiger charge is -2.15. The van der Waals surface area contributed by atoms with Crippen LogP contribution in [0.3, 0.4) is 0 Å². The normalized spacial score (nSPS) is 22.8. The zero-order chi connectivity index (χ0) is 12.1. The summed E-state index contributed by atoms with van der Waals surface area (Å²) in [6.45, 7) is 0.402. The highest BCUT2D eigenvalue weighted by Gasteiger charge is 2.29. The Hall–Kier alpha value is -0.810. The van der Waals surface area contributed by atoms with E-state index < -0.39 is 0 Å². The number of amides is 2. The number of carbonyl (C=O) groups excluding carboxylic acids is 2. The second-order valence-electron chi connectivity index (χ2n) is 4.53. The summed E-state index contributed by atoms with van der Waals surface area (Å²) >= 11 is 0. The molecule has 1 rings (SSSR count). The van der Waals surface area contributed by atoms with E-state index >= 15 is 0 Å². The second-order valence-corrected chi connectivity index (χ2v) is 4.53. The van der Waals surface area contributed by atoms with Gasteiger partial charge in [0.25, 0.3) is 0 Å². The highest BCUT2D eigenvalue weighted by molar-refractivity contribution is 5.85. The van der Waals surface area contributed by atoms with Crippen LogP contribution in [-0.2, 0) is 9.59 Å². The Kier molecular flexibility index (Phi) is 7.15. The Morgan fingerprint density at radius 1 is 1.35 bits per heavy atom. The van der Waals surface area contributed by atoms with Crippen molar-refractivity contribution in [1.29, 1.82) is 0 Å². The van der Waals surface area contributed by atoms with Gasteiger partial charge in [0.2, 0.25) is 11.8 Å². The number of hydrogen-bond acceptors (Lipinski definition) is 3. The number of nitrogens with one attached hydrogen (secondary N) is 1. The first-order valence-electron chi connectivity index (χ1n) is 5.76.